The number of rotatable bonds is 6. The molecule has 134 valence electrons. The fourth-order valence-electron chi connectivity index (χ4n) is 3.66. The summed E-state index contributed by atoms with van der Waals surface area (Å²) in [6.07, 6.45) is 6.46. The first kappa shape index (κ1) is 16.4. The summed E-state index contributed by atoms with van der Waals surface area (Å²) in [7, 11) is 0. The summed E-state index contributed by atoms with van der Waals surface area (Å²) >= 11 is 1.61. The van der Waals surface area contributed by atoms with Crippen molar-refractivity contribution >= 4 is 28.2 Å². The molecule has 0 amide bonds. The molecule has 1 N–H and O–H groups in total. The lowest BCUT2D eigenvalue weighted by Gasteiger charge is -2.12. The number of nitrogens with one attached hydrogen (secondary N) is 1. The molecule has 1 fully saturated rings. The highest BCUT2D eigenvalue weighted by Gasteiger charge is 2.38. The highest BCUT2D eigenvalue weighted by atomic mass is 32.1. The van der Waals surface area contributed by atoms with E-state index in [4.69, 9.17) is 4.98 Å². The van der Waals surface area contributed by atoms with Crippen molar-refractivity contribution in [2.24, 2.45) is 5.92 Å². The second kappa shape index (κ2) is 6.74. The number of Topliss-reactive ketones (excluding diaryl/α,β-unsaturated/α-hetero) is 1. The van der Waals surface area contributed by atoms with Gasteiger partial charge in [-0.05, 0) is 36.5 Å². The van der Waals surface area contributed by atoms with Gasteiger partial charge in [-0.2, -0.15) is 0 Å². The summed E-state index contributed by atoms with van der Waals surface area (Å²) in [5.74, 6) is 0.655. The molecule has 1 aliphatic rings. The number of nitrogens with zero attached hydrogens (tertiary/aromatic N) is 2. The van der Waals surface area contributed by atoms with E-state index in [-0.39, 0.29) is 11.7 Å². The Bertz CT molecular complexity index is 1090. The molecular weight excluding hydrogens is 354 g/mol. The van der Waals surface area contributed by atoms with Gasteiger partial charge in [0.2, 0.25) is 0 Å². The number of hydrogen-bond donors (Lipinski definition) is 1. The van der Waals surface area contributed by atoms with Gasteiger partial charge in [-0.15, -0.1) is 11.3 Å². The summed E-state index contributed by atoms with van der Waals surface area (Å²) < 4.78 is 0. The summed E-state index contributed by atoms with van der Waals surface area (Å²) in [4.78, 5) is 25.5. The van der Waals surface area contributed by atoms with E-state index in [2.05, 4.69) is 15.3 Å². The van der Waals surface area contributed by atoms with Gasteiger partial charge < -0.3 is 4.98 Å². The van der Waals surface area contributed by atoms with Crippen LogP contribution in [0.3, 0.4) is 0 Å². The third kappa shape index (κ3) is 3.19. The highest BCUT2D eigenvalue weighted by molar-refractivity contribution is 7.10. The maximum Gasteiger partial charge on any atom is 0.147 e. The minimum absolute atomic E-state index is 0.0766. The Morgan fingerprint density at radius 1 is 1.19 bits per heavy atom. The van der Waals surface area contributed by atoms with Gasteiger partial charge in [-0.25, -0.2) is 9.97 Å². The Morgan fingerprint density at radius 2 is 2.04 bits per heavy atom. The van der Waals surface area contributed by atoms with Crippen LogP contribution in [0.5, 0.6) is 0 Å². The Labute approximate surface area is 161 Å². The van der Waals surface area contributed by atoms with Crippen molar-refractivity contribution in [3.05, 3.63) is 70.8 Å². The van der Waals surface area contributed by atoms with Crippen molar-refractivity contribution < 1.29 is 4.79 Å². The number of thiazole rings is 1. The van der Waals surface area contributed by atoms with Gasteiger partial charge in [0.05, 0.1) is 11.6 Å². The minimum Gasteiger partial charge on any atom is -0.345 e. The molecule has 0 saturated heterocycles. The Morgan fingerprint density at radius 3 is 2.85 bits per heavy atom. The number of ketones is 1. The van der Waals surface area contributed by atoms with E-state index < -0.39 is 0 Å². The smallest absolute Gasteiger partial charge is 0.147 e. The maximum absolute atomic E-state index is 13.1. The minimum atomic E-state index is -0.0766. The molecule has 1 saturated carbocycles. The number of aromatic nitrogens is 3. The Balaban J connectivity index is 1.45. The monoisotopic (exact) mass is 373 g/mol. The quantitative estimate of drug-likeness (QED) is 0.518. The van der Waals surface area contributed by atoms with Gasteiger partial charge in [0, 0.05) is 35.1 Å². The van der Waals surface area contributed by atoms with E-state index in [0.29, 0.717) is 12.3 Å². The largest absolute Gasteiger partial charge is 0.345 e. The van der Waals surface area contributed by atoms with E-state index in [9.17, 15) is 4.79 Å². The van der Waals surface area contributed by atoms with Crippen LogP contribution in [0.1, 0.15) is 29.3 Å². The van der Waals surface area contributed by atoms with Gasteiger partial charge in [0.1, 0.15) is 16.4 Å². The molecule has 3 aromatic heterocycles. The zero-order valence-electron chi connectivity index (χ0n) is 14.8. The number of fused-ring (bicyclic) bond motifs is 1. The van der Waals surface area contributed by atoms with Crippen LogP contribution in [0.25, 0.3) is 22.3 Å². The van der Waals surface area contributed by atoms with E-state index >= 15 is 0 Å². The number of carbonyl (C=O) groups excluding carboxylic acids is 1. The molecule has 1 aromatic carbocycles. The molecule has 4 aromatic rings. The summed E-state index contributed by atoms with van der Waals surface area (Å²) in [6, 6.07) is 14.0. The Kier molecular flexibility index (Phi) is 4.09. The van der Waals surface area contributed by atoms with Crippen molar-refractivity contribution in [3.63, 3.8) is 0 Å². The van der Waals surface area contributed by atoms with Gasteiger partial charge in [0.15, 0.2) is 0 Å². The molecule has 5 rings (SSSR count). The van der Waals surface area contributed by atoms with Crippen molar-refractivity contribution in [2.75, 3.05) is 0 Å². The molecule has 0 bridgehead atoms. The van der Waals surface area contributed by atoms with E-state index in [1.807, 2.05) is 48.7 Å². The first-order valence-electron chi connectivity index (χ1n) is 9.24. The number of benzene rings is 1. The lowest BCUT2D eigenvalue weighted by molar-refractivity contribution is -0.120. The second-order valence-electron chi connectivity index (χ2n) is 7.12. The normalized spacial score (nSPS) is 15.1. The van der Waals surface area contributed by atoms with Crippen LogP contribution in [0.15, 0.2) is 60.2 Å². The first-order chi connectivity index (χ1) is 13.3. The van der Waals surface area contributed by atoms with E-state index in [1.54, 1.807) is 17.5 Å². The van der Waals surface area contributed by atoms with Crippen LogP contribution in [0, 0.1) is 5.92 Å². The number of hydrogen-bond acceptors (Lipinski definition) is 4. The summed E-state index contributed by atoms with van der Waals surface area (Å²) in [5, 5.41) is 4.08. The molecule has 0 spiro atoms. The van der Waals surface area contributed by atoms with Crippen LogP contribution in [-0.4, -0.2) is 20.7 Å². The molecule has 0 aliphatic heterocycles. The van der Waals surface area contributed by atoms with Gasteiger partial charge in [-0.1, -0.05) is 30.3 Å². The maximum atomic E-state index is 13.1. The third-order valence-electron chi connectivity index (χ3n) is 5.18. The summed E-state index contributed by atoms with van der Waals surface area (Å²) in [5.41, 5.74) is 3.91. The molecule has 1 unspecified atom stereocenters. The number of H-pyrrole nitrogens is 1. The topological polar surface area (TPSA) is 58.6 Å². The molecule has 4 nitrogen and oxygen atoms in total. The standard InChI is InChI=1S/C22H19N3OS/c26-19(11-14-5-2-1-3-6-14)20(15-8-9-15)22-25-18(13-27-22)17-12-24-21-16(17)7-4-10-23-21/h1-7,10,12-13,15,20H,8-9,11H2,(H,23,24). The summed E-state index contributed by atoms with van der Waals surface area (Å²) in [6.45, 7) is 0. The highest BCUT2D eigenvalue weighted by Crippen LogP contribution is 2.45. The molecular formula is C22H19N3OS. The zero-order valence-corrected chi connectivity index (χ0v) is 15.6. The average Bonchev–Trinajstić information content (AvgIpc) is 3.24. The third-order valence-corrected chi connectivity index (χ3v) is 6.10. The average molecular weight is 373 g/mol. The van der Waals surface area contributed by atoms with E-state index in [1.165, 1.54) is 0 Å². The van der Waals surface area contributed by atoms with Crippen LogP contribution >= 0.6 is 11.3 Å². The fourth-order valence-corrected chi connectivity index (χ4v) is 4.69. The number of pyridine rings is 1. The number of aromatic amines is 1. The van der Waals surface area contributed by atoms with Crippen LogP contribution in [-0.2, 0) is 11.2 Å². The van der Waals surface area contributed by atoms with E-state index in [0.717, 1.165) is 45.7 Å². The molecule has 1 atom stereocenters. The first-order valence-corrected chi connectivity index (χ1v) is 10.1. The molecule has 0 radical (unpaired) electrons. The molecule has 3 heterocycles. The van der Waals surface area contributed by atoms with Crippen molar-refractivity contribution in [3.8, 4) is 11.3 Å². The van der Waals surface area contributed by atoms with Crippen molar-refractivity contribution in [1.82, 2.24) is 15.0 Å². The van der Waals surface area contributed by atoms with Gasteiger partial charge in [-0.3, -0.25) is 4.79 Å². The lowest BCUT2D eigenvalue weighted by Crippen LogP contribution is -2.17. The van der Waals surface area contributed by atoms with Crippen LogP contribution < -0.4 is 0 Å². The second-order valence-corrected chi connectivity index (χ2v) is 8.01. The van der Waals surface area contributed by atoms with Crippen LogP contribution in [0.4, 0.5) is 0 Å². The lowest BCUT2D eigenvalue weighted by atomic mass is 9.94. The Hall–Kier alpha value is -2.79. The fraction of sp³-hybridized carbons (Fsp3) is 0.227. The van der Waals surface area contributed by atoms with Crippen molar-refractivity contribution in [1.29, 1.82) is 0 Å². The van der Waals surface area contributed by atoms with Crippen molar-refractivity contribution in [2.45, 2.75) is 25.2 Å². The predicted molar refractivity (Wildman–Crippen MR) is 108 cm³/mol. The zero-order chi connectivity index (χ0) is 18.2. The van der Waals surface area contributed by atoms with Gasteiger partial charge >= 0.3 is 0 Å². The van der Waals surface area contributed by atoms with Crippen LogP contribution in [0.2, 0.25) is 0 Å². The number of carbonyl (C=O) groups is 1. The molecule has 27 heavy (non-hydrogen) atoms. The van der Waals surface area contributed by atoms with Gasteiger partial charge in [0.25, 0.3) is 0 Å². The SMILES string of the molecule is O=C(Cc1ccccc1)C(c1nc(-c2c[nH]c3ncccc23)cs1)C1CC1. The predicted octanol–water partition coefficient (Wildman–Crippen LogP) is 4.99. The molecule has 1 aliphatic carbocycles. The molecule has 5 heteroatoms.